The van der Waals surface area contributed by atoms with Crippen LogP contribution in [-0.2, 0) is 4.74 Å². The van der Waals surface area contributed by atoms with E-state index < -0.39 is 6.09 Å². The van der Waals surface area contributed by atoms with Crippen LogP contribution in [-0.4, -0.2) is 32.4 Å². The van der Waals surface area contributed by atoms with Crippen molar-refractivity contribution in [1.29, 1.82) is 0 Å². The number of amides is 1. The fourth-order valence-electron chi connectivity index (χ4n) is 1.75. The lowest BCUT2D eigenvalue weighted by Gasteiger charge is -2.09. The van der Waals surface area contributed by atoms with Crippen LogP contribution in [0.25, 0.3) is 5.95 Å². The molecule has 2 aromatic heterocycles. The van der Waals surface area contributed by atoms with Crippen molar-refractivity contribution < 1.29 is 9.53 Å². The monoisotopic (exact) mass is 291 g/mol. The largest absolute Gasteiger partial charge is 0.450 e. The fraction of sp³-hybridized carbons (Fsp3) is 0.385. The van der Waals surface area contributed by atoms with Gasteiger partial charge < -0.3 is 4.74 Å². The average Bonchev–Trinajstić information content (AvgIpc) is 2.76. The summed E-state index contributed by atoms with van der Waals surface area (Å²) in [5.41, 5.74) is 1.57. The first-order valence-electron chi connectivity index (χ1n) is 6.50. The van der Waals surface area contributed by atoms with E-state index in [4.69, 9.17) is 4.74 Å². The summed E-state index contributed by atoms with van der Waals surface area (Å²) >= 11 is 0. The van der Waals surface area contributed by atoms with E-state index in [2.05, 4.69) is 20.4 Å². The average molecular weight is 291 g/mol. The number of rotatable bonds is 3. The number of nitrogens with one attached hydrogen (secondary N) is 2. The summed E-state index contributed by atoms with van der Waals surface area (Å²) in [6, 6.07) is 1.66. The van der Waals surface area contributed by atoms with E-state index in [1.54, 1.807) is 33.8 Å². The summed E-state index contributed by atoms with van der Waals surface area (Å²) in [6.45, 7) is 7.17. The maximum Gasteiger partial charge on any atom is 0.412 e. The van der Waals surface area contributed by atoms with Crippen LogP contribution in [0.1, 0.15) is 23.9 Å². The quantitative estimate of drug-likeness (QED) is 0.891. The van der Waals surface area contributed by atoms with Crippen LogP contribution in [0.15, 0.2) is 10.9 Å². The molecule has 0 atom stereocenters. The molecule has 0 spiro atoms. The first kappa shape index (κ1) is 14.8. The number of carbonyl (C=O) groups is 1. The minimum Gasteiger partial charge on any atom is -0.450 e. The zero-order valence-electron chi connectivity index (χ0n) is 12.4. The van der Waals surface area contributed by atoms with Gasteiger partial charge in [0.05, 0.1) is 12.3 Å². The molecule has 0 fully saturated rings. The van der Waals surface area contributed by atoms with Crippen molar-refractivity contribution in [2.24, 2.45) is 0 Å². The number of hydrogen-bond acceptors (Lipinski definition) is 5. The maximum atomic E-state index is 11.8. The van der Waals surface area contributed by atoms with Gasteiger partial charge >= 0.3 is 6.09 Å². The molecule has 2 heterocycles. The zero-order valence-corrected chi connectivity index (χ0v) is 12.4. The normalized spacial score (nSPS) is 10.5. The highest BCUT2D eigenvalue weighted by molar-refractivity contribution is 5.83. The third-order valence-corrected chi connectivity index (χ3v) is 2.92. The molecule has 0 aromatic carbocycles. The number of H-pyrrole nitrogens is 1. The first-order chi connectivity index (χ1) is 9.92. The summed E-state index contributed by atoms with van der Waals surface area (Å²) in [6.07, 6.45) is -0.593. The predicted molar refractivity (Wildman–Crippen MR) is 76.8 cm³/mol. The molecule has 0 aliphatic rings. The number of aryl methyl sites for hydroxylation is 2. The molecule has 0 radical (unpaired) electrons. The Balaban J connectivity index is 2.45. The topological polar surface area (TPSA) is 102 Å². The van der Waals surface area contributed by atoms with Crippen LogP contribution in [0, 0.1) is 20.8 Å². The van der Waals surface area contributed by atoms with Crippen LogP contribution in [0.5, 0.6) is 0 Å². The van der Waals surface area contributed by atoms with Crippen molar-refractivity contribution in [1.82, 2.24) is 19.7 Å². The number of hydrogen-bond donors (Lipinski definition) is 2. The van der Waals surface area contributed by atoms with Crippen molar-refractivity contribution >= 4 is 11.9 Å². The van der Waals surface area contributed by atoms with Gasteiger partial charge in [0.15, 0.2) is 0 Å². The van der Waals surface area contributed by atoms with Crippen LogP contribution in [0.4, 0.5) is 10.6 Å². The van der Waals surface area contributed by atoms with E-state index in [1.165, 1.54) is 4.68 Å². The highest BCUT2D eigenvalue weighted by Gasteiger charge is 2.14. The molecular formula is C13H17N5O3. The lowest BCUT2D eigenvalue weighted by atomic mass is 10.3. The Morgan fingerprint density at radius 3 is 2.76 bits per heavy atom. The van der Waals surface area contributed by atoms with Crippen molar-refractivity contribution in [2.75, 3.05) is 11.9 Å². The SMILES string of the molecule is CCOC(=O)Nc1cc(C)nn1-c1nc(C)c(C)c(=O)[nH]1. The van der Waals surface area contributed by atoms with Crippen molar-refractivity contribution in [2.45, 2.75) is 27.7 Å². The van der Waals surface area contributed by atoms with Gasteiger partial charge in [0, 0.05) is 17.3 Å². The van der Waals surface area contributed by atoms with E-state index in [0.29, 0.717) is 22.8 Å². The van der Waals surface area contributed by atoms with Gasteiger partial charge in [0.1, 0.15) is 5.82 Å². The first-order valence-corrected chi connectivity index (χ1v) is 6.50. The third-order valence-electron chi connectivity index (χ3n) is 2.92. The molecular weight excluding hydrogens is 274 g/mol. The van der Waals surface area contributed by atoms with Crippen molar-refractivity contribution in [3.8, 4) is 5.95 Å². The summed E-state index contributed by atoms with van der Waals surface area (Å²) in [4.78, 5) is 30.3. The second-order valence-corrected chi connectivity index (χ2v) is 4.53. The van der Waals surface area contributed by atoms with E-state index in [9.17, 15) is 9.59 Å². The Morgan fingerprint density at radius 1 is 1.43 bits per heavy atom. The number of nitrogens with zero attached hydrogens (tertiary/aromatic N) is 3. The van der Waals surface area contributed by atoms with Gasteiger partial charge in [0.25, 0.3) is 5.56 Å². The smallest absolute Gasteiger partial charge is 0.412 e. The molecule has 0 aliphatic carbocycles. The highest BCUT2D eigenvalue weighted by Crippen LogP contribution is 2.14. The van der Waals surface area contributed by atoms with Gasteiger partial charge in [-0.05, 0) is 27.7 Å². The Bertz CT molecular complexity index is 732. The van der Waals surface area contributed by atoms with Crippen LogP contribution >= 0.6 is 0 Å². The highest BCUT2D eigenvalue weighted by atomic mass is 16.5. The molecule has 112 valence electrons. The van der Waals surface area contributed by atoms with Crippen LogP contribution in [0.2, 0.25) is 0 Å². The molecule has 2 rings (SSSR count). The molecule has 21 heavy (non-hydrogen) atoms. The second-order valence-electron chi connectivity index (χ2n) is 4.53. The van der Waals surface area contributed by atoms with E-state index in [1.807, 2.05) is 0 Å². The van der Waals surface area contributed by atoms with E-state index >= 15 is 0 Å². The lowest BCUT2D eigenvalue weighted by Crippen LogP contribution is -2.21. The number of aromatic nitrogens is 4. The second kappa shape index (κ2) is 5.78. The molecule has 8 heteroatoms. The summed E-state index contributed by atoms with van der Waals surface area (Å²) < 4.78 is 6.19. The van der Waals surface area contributed by atoms with E-state index in [0.717, 1.165) is 0 Å². The zero-order chi connectivity index (χ0) is 15.6. The number of anilines is 1. The Hall–Kier alpha value is -2.64. The molecule has 0 aliphatic heterocycles. The van der Waals surface area contributed by atoms with Gasteiger partial charge in [-0.1, -0.05) is 0 Å². The molecule has 0 saturated carbocycles. The molecule has 0 bridgehead atoms. The summed E-state index contributed by atoms with van der Waals surface area (Å²) in [5, 5.41) is 6.78. The van der Waals surface area contributed by atoms with Gasteiger partial charge in [-0.25, -0.2) is 9.78 Å². The molecule has 2 aromatic rings. The van der Waals surface area contributed by atoms with Gasteiger partial charge in [-0.2, -0.15) is 9.78 Å². The van der Waals surface area contributed by atoms with Gasteiger partial charge in [-0.15, -0.1) is 0 Å². The summed E-state index contributed by atoms with van der Waals surface area (Å²) in [7, 11) is 0. The molecule has 8 nitrogen and oxygen atoms in total. The minimum atomic E-state index is -0.593. The Kier molecular flexibility index (Phi) is 4.06. The Morgan fingerprint density at radius 2 is 2.14 bits per heavy atom. The Labute approximate surface area is 121 Å². The number of carbonyl (C=O) groups excluding carboxylic acids is 1. The minimum absolute atomic E-state index is 0.239. The number of ether oxygens (including phenoxy) is 1. The van der Waals surface area contributed by atoms with Gasteiger partial charge in [-0.3, -0.25) is 15.1 Å². The van der Waals surface area contributed by atoms with E-state index in [-0.39, 0.29) is 18.1 Å². The maximum absolute atomic E-state index is 11.8. The standard InChI is InChI=1S/C13H17N5O3/c1-5-21-13(20)15-10-6-7(2)17-18(10)12-14-9(4)8(3)11(19)16-12/h6H,5H2,1-4H3,(H,15,20)(H,14,16,19). The fourth-order valence-corrected chi connectivity index (χ4v) is 1.75. The van der Waals surface area contributed by atoms with Crippen LogP contribution < -0.4 is 10.9 Å². The third kappa shape index (κ3) is 3.10. The van der Waals surface area contributed by atoms with Crippen molar-refractivity contribution in [3.63, 3.8) is 0 Å². The predicted octanol–water partition coefficient (Wildman–Crippen LogP) is 1.45. The molecule has 2 N–H and O–H groups in total. The lowest BCUT2D eigenvalue weighted by molar-refractivity contribution is 0.167. The molecule has 1 amide bonds. The summed E-state index contributed by atoms with van der Waals surface area (Å²) in [5.74, 6) is 0.611. The number of aromatic amines is 1. The molecule has 0 saturated heterocycles. The molecule has 0 unspecified atom stereocenters. The van der Waals surface area contributed by atoms with Gasteiger partial charge in [0.2, 0.25) is 5.95 Å². The van der Waals surface area contributed by atoms with Crippen LogP contribution in [0.3, 0.4) is 0 Å². The van der Waals surface area contributed by atoms with Crippen molar-refractivity contribution in [3.05, 3.63) is 33.4 Å².